The van der Waals surface area contributed by atoms with E-state index in [1.165, 1.54) is 11.8 Å². The Morgan fingerprint density at radius 2 is 1.88 bits per heavy atom. The van der Waals surface area contributed by atoms with Gasteiger partial charge in [0.2, 0.25) is 11.1 Å². The number of amides is 1. The van der Waals surface area contributed by atoms with Crippen LogP contribution in [0.3, 0.4) is 0 Å². The minimum Gasteiger partial charge on any atom is -0.452 e. The molecular weight excluding hydrogens is 460 g/mol. The van der Waals surface area contributed by atoms with Crippen LogP contribution in [0.5, 0.6) is 0 Å². The fourth-order valence-electron chi connectivity index (χ4n) is 4.06. The van der Waals surface area contributed by atoms with E-state index in [1.807, 2.05) is 54.8 Å². The third-order valence-electron chi connectivity index (χ3n) is 5.54. The van der Waals surface area contributed by atoms with Crippen molar-refractivity contribution in [2.24, 2.45) is 0 Å². The molecule has 0 radical (unpaired) electrons. The summed E-state index contributed by atoms with van der Waals surface area (Å²) in [5, 5.41) is 5.66. The molecule has 0 saturated carbocycles. The van der Waals surface area contributed by atoms with Gasteiger partial charge in [-0.3, -0.25) is 14.6 Å². The van der Waals surface area contributed by atoms with Gasteiger partial charge >= 0.3 is 17.4 Å². The van der Waals surface area contributed by atoms with Gasteiger partial charge in [0, 0.05) is 17.1 Å². The molecule has 7 nitrogen and oxygen atoms in total. The van der Waals surface area contributed by atoms with Gasteiger partial charge in [-0.25, -0.2) is 4.90 Å². The Kier molecular flexibility index (Phi) is 5.55. The predicted molar refractivity (Wildman–Crippen MR) is 127 cm³/mol. The van der Waals surface area contributed by atoms with Crippen LogP contribution in [-0.2, 0) is 4.79 Å². The fourth-order valence-corrected chi connectivity index (χ4v) is 4.65. The Balaban J connectivity index is 1.77. The highest BCUT2D eigenvalue weighted by atomic mass is 35.5. The quantitative estimate of drug-likeness (QED) is 0.340. The Morgan fingerprint density at radius 1 is 1.15 bits per heavy atom. The molecule has 1 atom stereocenters. The molecule has 0 bridgehead atoms. The number of hydrogen-bond donors (Lipinski definition) is 1. The molecule has 33 heavy (non-hydrogen) atoms. The smallest absolute Gasteiger partial charge is 0.325 e. The number of carbonyl (C=O) groups excluding carboxylic acids is 1. The largest absolute Gasteiger partial charge is 0.452 e. The van der Waals surface area contributed by atoms with Gasteiger partial charge in [-0.05, 0) is 47.3 Å². The first-order chi connectivity index (χ1) is 16.0. The molecule has 3 heterocycles. The highest BCUT2D eigenvalue weighted by Crippen LogP contribution is 2.39. The number of carbonyl (C=O) groups is 1. The number of fused-ring (bicyclic) bond motifs is 3. The number of nitrogens with zero attached hydrogens (tertiary/aromatic N) is 3. The van der Waals surface area contributed by atoms with Crippen LogP contribution in [0.1, 0.15) is 25.3 Å². The van der Waals surface area contributed by atoms with E-state index >= 15 is 0 Å². The van der Waals surface area contributed by atoms with Gasteiger partial charge in [0.25, 0.3) is 0 Å². The molecule has 0 fully saturated rings. The van der Waals surface area contributed by atoms with Gasteiger partial charge in [0.15, 0.2) is 5.76 Å². The summed E-state index contributed by atoms with van der Waals surface area (Å²) in [7, 11) is 0. The first-order valence-corrected chi connectivity index (χ1v) is 12.0. The van der Waals surface area contributed by atoms with Crippen LogP contribution < -0.4 is 15.1 Å². The molecule has 1 amide bonds. The lowest BCUT2D eigenvalue weighted by molar-refractivity contribution is -0.764. The maximum absolute atomic E-state index is 13.2. The molecule has 0 unspecified atom stereocenters. The van der Waals surface area contributed by atoms with E-state index < -0.39 is 6.17 Å². The lowest BCUT2D eigenvalue weighted by Gasteiger charge is -2.30. The summed E-state index contributed by atoms with van der Waals surface area (Å²) in [5.74, 6) is 0.919. The highest BCUT2D eigenvalue weighted by molar-refractivity contribution is 7.98. The average Bonchev–Trinajstić information content (AvgIpc) is 3.32. The van der Waals surface area contributed by atoms with E-state index in [0.717, 1.165) is 5.56 Å². The van der Waals surface area contributed by atoms with Crippen LogP contribution in [0.15, 0.2) is 75.0 Å². The van der Waals surface area contributed by atoms with Crippen molar-refractivity contribution >= 4 is 35.0 Å². The summed E-state index contributed by atoms with van der Waals surface area (Å²) in [6.07, 6.45) is 1.33. The van der Waals surface area contributed by atoms with Crippen LogP contribution in [0.25, 0.3) is 22.6 Å². The Labute approximate surface area is 199 Å². The van der Waals surface area contributed by atoms with Crippen molar-refractivity contribution in [3.63, 3.8) is 0 Å². The number of aromatic amines is 1. The summed E-state index contributed by atoms with van der Waals surface area (Å²) in [4.78, 5) is 30.8. The van der Waals surface area contributed by atoms with Crippen molar-refractivity contribution < 1.29 is 13.9 Å². The van der Waals surface area contributed by atoms with Crippen LogP contribution >= 0.6 is 23.4 Å². The normalized spacial score (nSPS) is 14.6. The van der Waals surface area contributed by atoms with Gasteiger partial charge in [0.05, 0.1) is 16.3 Å². The van der Waals surface area contributed by atoms with Crippen molar-refractivity contribution in [2.75, 3.05) is 11.2 Å². The molecule has 0 aliphatic carbocycles. The van der Waals surface area contributed by atoms with Gasteiger partial charge in [-0.15, -0.1) is 0 Å². The van der Waals surface area contributed by atoms with Gasteiger partial charge in [0.1, 0.15) is 5.76 Å². The number of aromatic nitrogens is 3. The predicted octanol–water partition coefficient (Wildman–Crippen LogP) is 4.66. The summed E-state index contributed by atoms with van der Waals surface area (Å²) < 4.78 is 7.82. The summed E-state index contributed by atoms with van der Waals surface area (Å²) >= 11 is 7.69. The number of hydrogen-bond acceptors (Lipinski definition) is 5. The maximum atomic E-state index is 13.2. The molecule has 4 aromatic rings. The molecule has 5 rings (SSSR count). The minimum atomic E-state index is -0.771. The SMILES string of the molecule is CCC(=O)N1c2ccccc2-c2c(=O)[nH]c(SC)n[n+]2[C@@H]1c1ccc(-c2ccccc2Cl)o1. The molecule has 0 saturated heterocycles. The second kappa shape index (κ2) is 8.53. The van der Waals surface area contributed by atoms with E-state index in [1.54, 1.807) is 28.6 Å². The zero-order valence-corrected chi connectivity index (χ0v) is 19.5. The molecular formula is C24H20ClN4O3S+. The van der Waals surface area contributed by atoms with Crippen molar-refractivity contribution in [2.45, 2.75) is 24.7 Å². The number of anilines is 1. The van der Waals surface area contributed by atoms with E-state index in [9.17, 15) is 9.59 Å². The molecule has 2 aromatic carbocycles. The zero-order chi connectivity index (χ0) is 23.1. The minimum absolute atomic E-state index is 0.117. The molecule has 1 N–H and O–H groups in total. The molecule has 1 aliphatic heterocycles. The maximum Gasteiger partial charge on any atom is 0.325 e. The third-order valence-corrected chi connectivity index (χ3v) is 6.44. The third kappa shape index (κ3) is 3.55. The first-order valence-electron chi connectivity index (χ1n) is 10.4. The van der Waals surface area contributed by atoms with Crippen molar-refractivity contribution in [1.82, 2.24) is 10.1 Å². The van der Waals surface area contributed by atoms with Crippen LogP contribution in [0, 0.1) is 0 Å². The van der Waals surface area contributed by atoms with Crippen LogP contribution in [0.4, 0.5) is 5.69 Å². The average molecular weight is 480 g/mol. The lowest BCUT2D eigenvalue weighted by Crippen LogP contribution is -2.60. The number of furan rings is 1. The Morgan fingerprint density at radius 3 is 2.61 bits per heavy atom. The van der Waals surface area contributed by atoms with Crippen molar-refractivity contribution in [3.8, 4) is 22.6 Å². The number of para-hydroxylation sites is 1. The van der Waals surface area contributed by atoms with Crippen LogP contribution in [0.2, 0.25) is 5.02 Å². The van der Waals surface area contributed by atoms with Crippen molar-refractivity contribution in [1.29, 1.82) is 0 Å². The van der Waals surface area contributed by atoms with Crippen molar-refractivity contribution in [3.05, 3.63) is 81.8 Å². The monoisotopic (exact) mass is 479 g/mol. The first kappa shape index (κ1) is 21.5. The van der Waals surface area contributed by atoms with Crippen LogP contribution in [-0.4, -0.2) is 22.2 Å². The Bertz CT molecular complexity index is 1430. The number of nitrogens with one attached hydrogen (secondary N) is 1. The van der Waals surface area contributed by atoms with Gasteiger partial charge in [-0.2, -0.15) is 0 Å². The second-order valence-corrected chi connectivity index (χ2v) is 8.65. The molecule has 1 aliphatic rings. The molecule has 0 spiro atoms. The number of thioether (sulfide) groups is 1. The van der Waals surface area contributed by atoms with Gasteiger partial charge < -0.3 is 4.42 Å². The summed E-state index contributed by atoms with van der Waals surface area (Å²) in [5.41, 5.74) is 2.09. The fraction of sp³-hybridized carbons (Fsp3) is 0.167. The number of halogens is 1. The number of rotatable bonds is 4. The molecule has 9 heteroatoms. The van der Waals surface area contributed by atoms with E-state index in [-0.39, 0.29) is 17.9 Å². The second-order valence-electron chi connectivity index (χ2n) is 7.45. The van der Waals surface area contributed by atoms with E-state index in [2.05, 4.69) is 10.1 Å². The topological polar surface area (TPSA) is 83.1 Å². The summed E-state index contributed by atoms with van der Waals surface area (Å²) in [6, 6.07) is 18.3. The van der Waals surface area contributed by atoms with Gasteiger partial charge in [-0.1, -0.05) is 54.6 Å². The lowest BCUT2D eigenvalue weighted by atomic mass is 10.0. The highest BCUT2D eigenvalue weighted by Gasteiger charge is 2.47. The van der Waals surface area contributed by atoms with E-state index in [0.29, 0.717) is 38.6 Å². The number of benzene rings is 2. The summed E-state index contributed by atoms with van der Waals surface area (Å²) in [6.45, 7) is 1.80. The molecule has 2 aromatic heterocycles. The van der Waals surface area contributed by atoms with E-state index in [4.69, 9.17) is 16.0 Å². The molecule has 166 valence electrons. The zero-order valence-electron chi connectivity index (χ0n) is 17.9. The standard InChI is InChI=1S/C24H19ClN4O3S/c1-3-20(30)28-17-11-7-5-9-15(17)21-22(31)26-24(33-2)27-29(21)23(28)19-13-12-18(32-19)14-8-4-6-10-16(14)25/h4-13,23H,3H2,1-2H3/p+1/t23-/m1/s1. The number of H-pyrrole nitrogens is 1. The Hall–Kier alpha value is -3.36.